The van der Waals surface area contributed by atoms with Crippen LogP contribution in [0.4, 0.5) is 11.4 Å². The minimum absolute atomic E-state index is 0.0331. The first-order chi connectivity index (χ1) is 16.6. The molecule has 2 aliphatic heterocycles. The topological polar surface area (TPSA) is 79.9 Å². The summed E-state index contributed by atoms with van der Waals surface area (Å²) in [6.45, 7) is 0.535. The molecule has 0 aliphatic carbocycles. The zero-order valence-electron chi connectivity index (χ0n) is 18.7. The van der Waals surface area contributed by atoms with Gasteiger partial charge >= 0.3 is 0 Å². The Morgan fingerprint density at radius 1 is 1.06 bits per heavy atom. The van der Waals surface area contributed by atoms with E-state index in [1.807, 2.05) is 59.0 Å². The lowest BCUT2D eigenvalue weighted by molar-refractivity contribution is -0.115. The molecule has 0 saturated carbocycles. The molecule has 172 valence electrons. The molecule has 0 saturated heterocycles. The van der Waals surface area contributed by atoms with E-state index in [4.69, 9.17) is 9.47 Å². The number of carbonyl (C=O) groups excluding carboxylic acids is 2. The third kappa shape index (κ3) is 3.97. The van der Waals surface area contributed by atoms with Crippen LogP contribution in [0.25, 0.3) is 11.1 Å². The van der Waals surface area contributed by atoms with Gasteiger partial charge in [0, 0.05) is 30.1 Å². The number of rotatable bonds is 6. The highest BCUT2D eigenvalue weighted by Crippen LogP contribution is 2.36. The van der Waals surface area contributed by atoms with Crippen LogP contribution < -0.4 is 25.0 Å². The van der Waals surface area contributed by atoms with Crippen molar-refractivity contribution in [2.24, 2.45) is 0 Å². The second-order valence-electron chi connectivity index (χ2n) is 7.80. The second-order valence-corrected chi connectivity index (χ2v) is 8.79. The lowest BCUT2D eigenvalue weighted by Crippen LogP contribution is -2.36. The van der Waals surface area contributed by atoms with Gasteiger partial charge in [-0.3, -0.25) is 9.59 Å². The summed E-state index contributed by atoms with van der Waals surface area (Å²) in [5.74, 6) is 0.986. The monoisotopic (exact) mass is 473 g/mol. The highest BCUT2D eigenvalue weighted by Gasteiger charge is 2.29. The Hall–Kier alpha value is -3.91. The van der Waals surface area contributed by atoms with Crippen molar-refractivity contribution >= 4 is 35.0 Å². The van der Waals surface area contributed by atoms with Gasteiger partial charge in [0.2, 0.25) is 0 Å². The molecule has 2 N–H and O–H groups in total. The van der Waals surface area contributed by atoms with Crippen molar-refractivity contribution < 1.29 is 19.1 Å². The maximum Gasteiger partial charge on any atom is 0.258 e. The number of methoxy groups -OCH3 is 2. The first-order valence-electron chi connectivity index (χ1n) is 10.7. The zero-order valence-corrected chi connectivity index (χ0v) is 19.5. The molecule has 34 heavy (non-hydrogen) atoms. The third-order valence-electron chi connectivity index (χ3n) is 5.89. The number of hydrogen-bond donors (Lipinski definition) is 2. The maximum atomic E-state index is 13.2. The van der Waals surface area contributed by atoms with Crippen molar-refractivity contribution in [2.75, 3.05) is 24.4 Å². The van der Waals surface area contributed by atoms with Gasteiger partial charge in [0.25, 0.3) is 11.8 Å². The molecule has 1 unspecified atom stereocenters. The lowest BCUT2D eigenvalue weighted by atomic mass is 9.97. The van der Waals surface area contributed by atoms with Crippen LogP contribution in [0.1, 0.15) is 15.9 Å². The predicted octanol–water partition coefficient (Wildman–Crippen LogP) is 4.60. The highest BCUT2D eigenvalue weighted by molar-refractivity contribution is 8.03. The average molecular weight is 474 g/mol. The molecule has 0 spiro atoms. The van der Waals surface area contributed by atoms with Crippen LogP contribution in [0, 0.1) is 0 Å². The zero-order chi connectivity index (χ0) is 23.7. The molecule has 2 aliphatic rings. The predicted molar refractivity (Wildman–Crippen MR) is 134 cm³/mol. The van der Waals surface area contributed by atoms with Crippen LogP contribution in [-0.2, 0) is 11.3 Å². The molecule has 0 radical (unpaired) electrons. The summed E-state index contributed by atoms with van der Waals surface area (Å²) in [5.41, 5.74) is 5.25. The molecule has 0 bridgehead atoms. The Labute approximate surface area is 201 Å². The normalized spacial score (nSPS) is 16.2. The molecule has 3 aromatic rings. The van der Waals surface area contributed by atoms with Crippen LogP contribution in [0.15, 0.2) is 72.3 Å². The summed E-state index contributed by atoms with van der Waals surface area (Å²) >= 11 is 1.43. The van der Waals surface area contributed by atoms with Gasteiger partial charge < -0.3 is 25.0 Å². The van der Waals surface area contributed by atoms with Crippen LogP contribution in [0.3, 0.4) is 0 Å². The fourth-order valence-electron chi connectivity index (χ4n) is 4.17. The minimum Gasteiger partial charge on any atom is -0.497 e. The Morgan fingerprint density at radius 3 is 2.62 bits per heavy atom. The van der Waals surface area contributed by atoms with Gasteiger partial charge in [-0.1, -0.05) is 36.0 Å². The number of benzene rings is 3. The molecule has 1 atom stereocenters. The van der Waals surface area contributed by atoms with Crippen molar-refractivity contribution in [3.8, 4) is 22.6 Å². The van der Waals surface area contributed by atoms with Gasteiger partial charge in [-0.25, -0.2) is 0 Å². The molecule has 2 amide bonds. The van der Waals surface area contributed by atoms with E-state index in [0.29, 0.717) is 23.7 Å². The van der Waals surface area contributed by atoms with Crippen molar-refractivity contribution in [1.29, 1.82) is 0 Å². The number of fused-ring (bicyclic) bond motifs is 1. The molecule has 0 aromatic heterocycles. The van der Waals surface area contributed by atoms with E-state index in [1.165, 1.54) is 11.8 Å². The summed E-state index contributed by atoms with van der Waals surface area (Å²) in [4.78, 5) is 27.1. The molecular weight excluding hydrogens is 450 g/mol. The number of hydrogen-bond acceptors (Lipinski definition) is 6. The Morgan fingerprint density at radius 2 is 1.85 bits per heavy atom. The van der Waals surface area contributed by atoms with E-state index in [-0.39, 0.29) is 11.8 Å². The Balaban J connectivity index is 1.36. The number of nitrogens with zero attached hydrogens (tertiary/aromatic N) is 1. The number of anilines is 2. The molecule has 8 heteroatoms. The largest absolute Gasteiger partial charge is 0.497 e. The van der Waals surface area contributed by atoms with Crippen LogP contribution in [0.5, 0.6) is 11.5 Å². The summed E-state index contributed by atoms with van der Waals surface area (Å²) < 4.78 is 10.7. The fraction of sp³-hybridized carbons (Fsp3) is 0.154. The van der Waals surface area contributed by atoms with Gasteiger partial charge in [0.05, 0.1) is 19.9 Å². The number of ether oxygens (including phenoxy) is 2. The van der Waals surface area contributed by atoms with Crippen molar-refractivity contribution in [3.05, 3.63) is 83.4 Å². The maximum absolute atomic E-state index is 13.2. The van der Waals surface area contributed by atoms with E-state index in [0.717, 1.165) is 27.9 Å². The quantitative estimate of drug-likeness (QED) is 0.545. The van der Waals surface area contributed by atoms with Crippen LogP contribution in [0.2, 0.25) is 0 Å². The lowest BCUT2D eigenvalue weighted by Gasteiger charge is -2.25. The summed E-state index contributed by atoms with van der Waals surface area (Å²) in [7, 11) is 3.14. The van der Waals surface area contributed by atoms with Gasteiger partial charge in [-0.05, 0) is 52.4 Å². The van der Waals surface area contributed by atoms with Crippen molar-refractivity contribution in [1.82, 2.24) is 5.32 Å². The highest BCUT2D eigenvalue weighted by atomic mass is 32.2. The van der Waals surface area contributed by atoms with E-state index in [1.54, 1.807) is 32.4 Å². The van der Waals surface area contributed by atoms with Crippen molar-refractivity contribution in [3.63, 3.8) is 0 Å². The van der Waals surface area contributed by atoms with E-state index in [9.17, 15) is 9.59 Å². The van der Waals surface area contributed by atoms with Gasteiger partial charge in [-0.15, -0.1) is 0 Å². The van der Waals surface area contributed by atoms with E-state index in [2.05, 4.69) is 10.6 Å². The summed E-state index contributed by atoms with van der Waals surface area (Å²) in [5, 5.41) is 7.28. The standard InChI is InChI=1S/C26H23N3O4S/c1-32-18-10-11-23(33-2)22(14-18)28-25(31)26-29(12-13-34-26)17-8-6-16(7-9-17)19-4-3-5-20-21(19)15-27-24(20)30/h3-14,26H,15H2,1-2H3,(H,27,30)(H,28,31). The summed E-state index contributed by atoms with van der Waals surface area (Å²) in [6, 6.07) is 19.1. The number of amides is 2. The van der Waals surface area contributed by atoms with E-state index < -0.39 is 5.37 Å². The first kappa shape index (κ1) is 21.9. The average Bonchev–Trinajstić information content (AvgIpc) is 3.51. The molecule has 0 fully saturated rings. The first-order valence-corrected chi connectivity index (χ1v) is 11.7. The number of carbonyl (C=O) groups is 2. The minimum atomic E-state index is -0.468. The molecular formula is C26H23N3O4S. The van der Waals surface area contributed by atoms with Crippen LogP contribution in [-0.4, -0.2) is 31.4 Å². The second kappa shape index (κ2) is 9.15. The van der Waals surface area contributed by atoms with Gasteiger partial charge in [0.15, 0.2) is 5.37 Å². The smallest absolute Gasteiger partial charge is 0.258 e. The Kier molecular flexibility index (Phi) is 5.90. The molecule has 5 rings (SSSR count). The number of thioether (sulfide) groups is 1. The number of nitrogens with one attached hydrogen (secondary N) is 2. The summed E-state index contributed by atoms with van der Waals surface area (Å²) in [6.07, 6.45) is 1.90. The molecule has 3 aromatic carbocycles. The van der Waals surface area contributed by atoms with E-state index >= 15 is 0 Å². The Bertz CT molecular complexity index is 1290. The van der Waals surface area contributed by atoms with Crippen molar-refractivity contribution in [2.45, 2.75) is 11.9 Å². The third-order valence-corrected chi connectivity index (χ3v) is 6.87. The fourth-order valence-corrected chi connectivity index (χ4v) is 5.03. The van der Waals surface area contributed by atoms with Crippen LogP contribution >= 0.6 is 11.8 Å². The van der Waals surface area contributed by atoms with Gasteiger partial charge in [-0.2, -0.15) is 0 Å². The molecule has 2 heterocycles. The molecule has 7 nitrogen and oxygen atoms in total. The SMILES string of the molecule is COc1ccc(OC)c(NC(=O)C2SC=CN2c2ccc(-c3cccc4c3CNC4=O)cc2)c1. The van der Waals surface area contributed by atoms with Gasteiger partial charge in [0.1, 0.15) is 11.5 Å².